The molecular formula is C30H32N2O2. The molecule has 1 unspecified atom stereocenters. The molecule has 0 saturated carbocycles. The lowest BCUT2D eigenvalue weighted by atomic mass is 9.89. The summed E-state index contributed by atoms with van der Waals surface area (Å²) in [6.07, 6.45) is 4.14. The van der Waals surface area contributed by atoms with Crippen LogP contribution in [-0.4, -0.2) is 11.8 Å². The zero-order valence-corrected chi connectivity index (χ0v) is 20.1. The molecule has 0 radical (unpaired) electrons. The van der Waals surface area contributed by atoms with Gasteiger partial charge in [-0.2, -0.15) is 0 Å². The van der Waals surface area contributed by atoms with E-state index in [0.29, 0.717) is 6.42 Å². The van der Waals surface area contributed by atoms with Crippen LogP contribution in [0, 0.1) is 5.41 Å². The summed E-state index contributed by atoms with van der Waals surface area (Å²) in [5, 5.41) is 6.06. The Balaban J connectivity index is 1.57. The Morgan fingerprint density at radius 3 is 2.18 bits per heavy atom. The minimum Gasteiger partial charge on any atom is -0.326 e. The largest absolute Gasteiger partial charge is 0.326 e. The molecule has 34 heavy (non-hydrogen) atoms. The molecule has 0 heterocycles. The van der Waals surface area contributed by atoms with Crippen molar-refractivity contribution in [3.8, 4) is 0 Å². The van der Waals surface area contributed by atoms with E-state index in [1.54, 1.807) is 0 Å². The van der Waals surface area contributed by atoms with Gasteiger partial charge < -0.3 is 10.6 Å². The second kappa shape index (κ2) is 10.1. The summed E-state index contributed by atoms with van der Waals surface area (Å²) in [6, 6.07) is 25.9. The van der Waals surface area contributed by atoms with Gasteiger partial charge in [-0.25, -0.2) is 0 Å². The zero-order valence-electron chi connectivity index (χ0n) is 20.1. The standard InChI is InChI=1S/C30H32N2O2/c1-30(2,3)20-28(33)31-24-15-17-25-22(18-24)19-27(29(34)32-23-12-8-5-9-13-23)26(25)16-14-21-10-6-4-7-11-21/h4-13,15,17-19,26H,14,16,20H2,1-3H3,(H,31,33)(H,32,34). The first-order valence-electron chi connectivity index (χ1n) is 11.8. The number of anilines is 2. The number of aryl methyl sites for hydroxylation is 1. The quantitative estimate of drug-likeness (QED) is 0.413. The molecular weight excluding hydrogens is 420 g/mol. The highest BCUT2D eigenvalue weighted by Crippen LogP contribution is 2.41. The van der Waals surface area contributed by atoms with Gasteiger partial charge in [-0.3, -0.25) is 9.59 Å². The molecule has 4 nitrogen and oxygen atoms in total. The zero-order chi connectivity index (χ0) is 24.1. The topological polar surface area (TPSA) is 58.2 Å². The Morgan fingerprint density at radius 1 is 0.824 bits per heavy atom. The Kier molecular flexibility index (Phi) is 6.97. The first-order chi connectivity index (χ1) is 16.3. The van der Waals surface area contributed by atoms with E-state index in [-0.39, 0.29) is 23.1 Å². The molecule has 3 aromatic rings. The average Bonchev–Trinajstić information content (AvgIpc) is 3.15. The van der Waals surface area contributed by atoms with Crippen molar-refractivity contribution in [1.29, 1.82) is 0 Å². The van der Waals surface area contributed by atoms with E-state index in [1.807, 2.05) is 87.5 Å². The summed E-state index contributed by atoms with van der Waals surface area (Å²) < 4.78 is 0. The molecule has 0 spiro atoms. The number of para-hydroxylation sites is 1. The predicted molar refractivity (Wildman–Crippen MR) is 140 cm³/mol. The van der Waals surface area contributed by atoms with Crippen LogP contribution in [-0.2, 0) is 16.0 Å². The molecule has 1 aliphatic carbocycles. The van der Waals surface area contributed by atoms with Crippen molar-refractivity contribution in [1.82, 2.24) is 0 Å². The van der Waals surface area contributed by atoms with Gasteiger partial charge in [0.2, 0.25) is 5.91 Å². The number of benzene rings is 3. The third-order valence-electron chi connectivity index (χ3n) is 5.98. The van der Waals surface area contributed by atoms with Crippen LogP contribution >= 0.6 is 0 Å². The third-order valence-corrected chi connectivity index (χ3v) is 5.98. The van der Waals surface area contributed by atoms with E-state index in [2.05, 4.69) is 28.8 Å². The molecule has 0 fully saturated rings. The number of rotatable bonds is 7. The lowest BCUT2D eigenvalue weighted by Gasteiger charge is -2.18. The van der Waals surface area contributed by atoms with E-state index >= 15 is 0 Å². The molecule has 1 atom stereocenters. The number of hydrogen-bond acceptors (Lipinski definition) is 2. The van der Waals surface area contributed by atoms with Gasteiger partial charge in [0.05, 0.1) is 0 Å². The molecule has 0 saturated heterocycles. The summed E-state index contributed by atoms with van der Waals surface area (Å²) in [5.74, 6) is -0.0888. The summed E-state index contributed by atoms with van der Waals surface area (Å²) in [4.78, 5) is 25.7. The summed E-state index contributed by atoms with van der Waals surface area (Å²) >= 11 is 0. The van der Waals surface area contributed by atoms with Crippen LogP contribution < -0.4 is 10.6 Å². The van der Waals surface area contributed by atoms with Gasteiger partial charge in [-0.1, -0.05) is 75.4 Å². The van der Waals surface area contributed by atoms with Crippen molar-refractivity contribution in [3.05, 3.63) is 101 Å². The molecule has 2 N–H and O–H groups in total. The fourth-order valence-corrected chi connectivity index (χ4v) is 4.43. The number of hydrogen-bond donors (Lipinski definition) is 2. The monoisotopic (exact) mass is 452 g/mol. The molecule has 4 heteroatoms. The second-order valence-electron chi connectivity index (χ2n) is 10.1. The summed E-state index contributed by atoms with van der Waals surface area (Å²) in [7, 11) is 0. The molecule has 1 aliphatic rings. The van der Waals surface area contributed by atoms with Crippen molar-refractivity contribution in [2.45, 2.75) is 46.0 Å². The van der Waals surface area contributed by atoms with Crippen molar-refractivity contribution >= 4 is 29.3 Å². The Bertz CT molecular complexity index is 1190. The van der Waals surface area contributed by atoms with Crippen molar-refractivity contribution < 1.29 is 9.59 Å². The highest BCUT2D eigenvalue weighted by atomic mass is 16.2. The van der Waals surface area contributed by atoms with Crippen LogP contribution in [0.2, 0.25) is 0 Å². The van der Waals surface area contributed by atoms with Crippen LogP contribution in [0.5, 0.6) is 0 Å². The van der Waals surface area contributed by atoms with E-state index in [0.717, 1.165) is 40.9 Å². The van der Waals surface area contributed by atoms with Crippen LogP contribution in [0.1, 0.15) is 56.2 Å². The van der Waals surface area contributed by atoms with Crippen LogP contribution in [0.15, 0.2) is 84.4 Å². The first-order valence-corrected chi connectivity index (χ1v) is 11.8. The Morgan fingerprint density at radius 2 is 1.50 bits per heavy atom. The molecule has 4 rings (SSSR count). The fraction of sp³-hybridized carbons (Fsp3) is 0.267. The Labute approximate surface area is 202 Å². The Hall–Kier alpha value is -3.66. The van der Waals surface area contributed by atoms with Gasteiger partial charge in [0.15, 0.2) is 0 Å². The maximum absolute atomic E-state index is 13.3. The maximum Gasteiger partial charge on any atom is 0.252 e. The average molecular weight is 453 g/mol. The SMILES string of the molecule is CC(C)(C)CC(=O)Nc1ccc2c(c1)C=C(C(=O)Nc1ccccc1)C2CCc1ccccc1. The number of carbonyl (C=O) groups is 2. The first kappa shape index (κ1) is 23.5. The normalized spacial score (nSPS) is 14.8. The van der Waals surface area contributed by atoms with E-state index in [4.69, 9.17) is 0 Å². The predicted octanol–water partition coefficient (Wildman–Crippen LogP) is 6.81. The molecule has 174 valence electrons. The van der Waals surface area contributed by atoms with Crippen LogP contribution in [0.4, 0.5) is 11.4 Å². The van der Waals surface area contributed by atoms with Gasteiger partial charge in [0.1, 0.15) is 0 Å². The van der Waals surface area contributed by atoms with E-state index < -0.39 is 0 Å². The van der Waals surface area contributed by atoms with Crippen LogP contribution in [0.25, 0.3) is 6.08 Å². The lowest BCUT2D eigenvalue weighted by molar-refractivity contribution is -0.117. The fourth-order valence-electron chi connectivity index (χ4n) is 4.43. The number of nitrogens with one attached hydrogen (secondary N) is 2. The highest BCUT2D eigenvalue weighted by molar-refractivity contribution is 6.09. The minimum atomic E-state index is -0.0845. The van der Waals surface area contributed by atoms with Gasteiger partial charge in [0, 0.05) is 29.3 Å². The van der Waals surface area contributed by atoms with Crippen LogP contribution in [0.3, 0.4) is 0 Å². The number of carbonyl (C=O) groups excluding carboxylic acids is 2. The second-order valence-corrected chi connectivity index (χ2v) is 10.1. The summed E-state index contributed by atoms with van der Waals surface area (Å²) in [6.45, 7) is 6.15. The van der Waals surface area contributed by atoms with E-state index in [1.165, 1.54) is 5.56 Å². The molecule has 0 aliphatic heterocycles. The van der Waals surface area contributed by atoms with Gasteiger partial charge in [-0.15, -0.1) is 0 Å². The number of fused-ring (bicyclic) bond motifs is 1. The third kappa shape index (κ3) is 6.02. The molecule has 0 bridgehead atoms. The molecule has 0 aromatic heterocycles. The van der Waals surface area contributed by atoms with Gasteiger partial charge in [-0.05, 0) is 65.3 Å². The van der Waals surface area contributed by atoms with Gasteiger partial charge >= 0.3 is 0 Å². The lowest BCUT2D eigenvalue weighted by Crippen LogP contribution is -2.19. The van der Waals surface area contributed by atoms with Crippen molar-refractivity contribution in [2.24, 2.45) is 5.41 Å². The minimum absolute atomic E-state index is 0.00162. The maximum atomic E-state index is 13.3. The van der Waals surface area contributed by atoms with Gasteiger partial charge in [0.25, 0.3) is 5.91 Å². The smallest absolute Gasteiger partial charge is 0.252 e. The van der Waals surface area contributed by atoms with E-state index in [9.17, 15) is 9.59 Å². The van der Waals surface area contributed by atoms with Crippen molar-refractivity contribution in [2.75, 3.05) is 10.6 Å². The number of amides is 2. The molecule has 3 aromatic carbocycles. The highest BCUT2D eigenvalue weighted by Gasteiger charge is 2.30. The molecule has 2 amide bonds. The van der Waals surface area contributed by atoms with Crippen molar-refractivity contribution in [3.63, 3.8) is 0 Å². The summed E-state index contributed by atoms with van der Waals surface area (Å²) in [5.41, 5.74) is 5.59.